The molecule has 0 aromatic heterocycles. The third kappa shape index (κ3) is 4.77. The number of hydrogen-bond acceptors (Lipinski definition) is 4. The first-order valence-corrected chi connectivity index (χ1v) is 10.8. The average Bonchev–Trinajstić information content (AvgIpc) is 2.79. The first-order chi connectivity index (χ1) is 15.0. The Morgan fingerprint density at radius 2 is 1.84 bits per heavy atom. The van der Waals surface area contributed by atoms with Crippen LogP contribution in [0.25, 0.3) is 0 Å². The van der Waals surface area contributed by atoms with Crippen molar-refractivity contribution in [3.63, 3.8) is 0 Å². The Hall–Kier alpha value is -3.19. The minimum Gasteiger partial charge on any atom is -0.325 e. The maximum atomic E-state index is 13.3. The summed E-state index contributed by atoms with van der Waals surface area (Å²) in [7, 11) is 0. The second-order valence-electron chi connectivity index (χ2n) is 8.19. The van der Waals surface area contributed by atoms with Gasteiger partial charge in [0.05, 0.1) is 6.04 Å². The summed E-state index contributed by atoms with van der Waals surface area (Å²) in [4.78, 5) is 41.9. The number of rotatable bonds is 6. The molecule has 162 valence electrons. The van der Waals surface area contributed by atoms with E-state index in [0.29, 0.717) is 25.1 Å². The Morgan fingerprint density at radius 3 is 2.58 bits per heavy atom. The van der Waals surface area contributed by atoms with E-state index >= 15 is 0 Å². The van der Waals surface area contributed by atoms with E-state index in [1.165, 1.54) is 4.90 Å². The van der Waals surface area contributed by atoms with Crippen LogP contribution in [0, 0.1) is 6.92 Å². The first kappa shape index (κ1) is 21.1. The van der Waals surface area contributed by atoms with Crippen LogP contribution in [0.15, 0.2) is 54.6 Å². The molecule has 0 radical (unpaired) electrons. The standard InChI is InChI=1S/C24H28N4O3/c1-17-9-11-19(12-10-17)26-21(29)16-28-20-8-5-14-25-22(20)23(30)27(24(28)31)15-13-18-6-3-2-4-7-18/h2-4,6-7,9-12,20,22,25H,5,8,13-16H2,1H3,(H,26,29). The number of carbonyl (C=O) groups is 3. The van der Waals surface area contributed by atoms with E-state index in [9.17, 15) is 14.4 Å². The zero-order valence-corrected chi connectivity index (χ0v) is 17.7. The Kier molecular flexibility index (Phi) is 6.32. The molecule has 7 heteroatoms. The van der Waals surface area contributed by atoms with E-state index in [1.54, 1.807) is 4.90 Å². The predicted molar refractivity (Wildman–Crippen MR) is 119 cm³/mol. The molecule has 0 spiro atoms. The largest absolute Gasteiger partial charge is 0.327 e. The summed E-state index contributed by atoms with van der Waals surface area (Å²) in [6.45, 7) is 2.93. The highest BCUT2D eigenvalue weighted by Crippen LogP contribution is 2.25. The summed E-state index contributed by atoms with van der Waals surface area (Å²) < 4.78 is 0. The fraction of sp³-hybridized carbons (Fsp3) is 0.375. The molecule has 2 aliphatic rings. The quantitative estimate of drug-likeness (QED) is 0.753. The van der Waals surface area contributed by atoms with Gasteiger partial charge in [0, 0.05) is 12.2 Å². The van der Waals surface area contributed by atoms with Crippen LogP contribution in [0.5, 0.6) is 0 Å². The topological polar surface area (TPSA) is 81.8 Å². The molecule has 31 heavy (non-hydrogen) atoms. The third-order valence-electron chi connectivity index (χ3n) is 5.95. The number of nitrogens with zero attached hydrogens (tertiary/aromatic N) is 2. The molecule has 2 aliphatic heterocycles. The van der Waals surface area contributed by atoms with Gasteiger partial charge in [-0.1, -0.05) is 48.0 Å². The lowest BCUT2D eigenvalue weighted by molar-refractivity contribution is -0.138. The van der Waals surface area contributed by atoms with Crippen LogP contribution < -0.4 is 10.6 Å². The van der Waals surface area contributed by atoms with Crippen molar-refractivity contribution in [1.29, 1.82) is 0 Å². The van der Waals surface area contributed by atoms with Gasteiger partial charge in [-0.3, -0.25) is 14.5 Å². The van der Waals surface area contributed by atoms with Gasteiger partial charge in [-0.2, -0.15) is 0 Å². The second kappa shape index (κ2) is 9.31. The minimum absolute atomic E-state index is 0.0787. The fourth-order valence-corrected chi connectivity index (χ4v) is 4.29. The Bertz CT molecular complexity index is 945. The van der Waals surface area contributed by atoms with Gasteiger partial charge in [0.2, 0.25) is 11.8 Å². The van der Waals surface area contributed by atoms with E-state index in [1.807, 2.05) is 61.5 Å². The molecule has 4 amide bonds. The Morgan fingerprint density at radius 1 is 1.10 bits per heavy atom. The molecule has 2 aromatic carbocycles. The zero-order chi connectivity index (χ0) is 21.8. The molecule has 2 aromatic rings. The maximum Gasteiger partial charge on any atom is 0.327 e. The van der Waals surface area contributed by atoms with Gasteiger partial charge in [0.1, 0.15) is 12.6 Å². The summed E-state index contributed by atoms with van der Waals surface area (Å²) in [6.07, 6.45) is 2.15. The van der Waals surface area contributed by atoms with E-state index < -0.39 is 6.04 Å². The number of carbonyl (C=O) groups excluding carboxylic acids is 3. The first-order valence-electron chi connectivity index (χ1n) is 10.8. The average molecular weight is 421 g/mol. The van der Waals surface area contributed by atoms with Crippen LogP contribution >= 0.6 is 0 Å². The van der Waals surface area contributed by atoms with Gasteiger partial charge in [-0.25, -0.2) is 4.79 Å². The van der Waals surface area contributed by atoms with Crippen molar-refractivity contribution in [2.45, 2.75) is 38.3 Å². The van der Waals surface area contributed by atoms with Gasteiger partial charge in [0.25, 0.3) is 0 Å². The van der Waals surface area contributed by atoms with Crippen molar-refractivity contribution in [2.24, 2.45) is 0 Å². The third-order valence-corrected chi connectivity index (χ3v) is 5.95. The molecule has 2 N–H and O–H groups in total. The molecule has 2 heterocycles. The number of anilines is 1. The highest BCUT2D eigenvalue weighted by molar-refractivity contribution is 6.02. The normalized spacial score (nSPS) is 21.1. The molecule has 2 saturated heterocycles. The SMILES string of the molecule is Cc1ccc(NC(=O)CN2C(=O)N(CCc3ccccc3)C(=O)C3NCCCC32)cc1. The number of imide groups is 1. The van der Waals surface area contributed by atoms with Crippen molar-refractivity contribution in [1.82, 2.24) is 15.1 Å². The molecular formula is C24H28N4O3. The van der Waals surface area contributed by atoms with Crippen molar-refractivity contribution >= 4 is 23.5 Å². The number of hydrogen-bond donors (Lipinski definition) is 2. The number of urea groups is 1. The summed E-state index contributed by atoms with van der Waals surface area (Å²) in [6, 6.07) is 16.2. The highest BCUT2D eigenvalue weighted by atomic mass is 16.2. The van der Waals surface area contributed by atoms with Gasteiger partial charge in [-0.05, 0) is 50.4 Å². The van der Waals surface area contributed by atoms with Gasteiger partial charge >= 0.3 is 6.03 Å². The number of aryl methyl sites for hydroxylation is 1. The lowest BCUT2D eigenvalue weighted by atomic mass is 9.93. The molecule has 7 nitrogen and oxygen atoms in total. The summed E-state index contributed by atoms with van der Waals surface area (Å²) >= 11 is 0. The molecular weight excluding hydrogens is 392 g/mol. The van der Waals surface area contributed by atoms with Crippen molar-refractivity contribution in [3.05, 3.63) is 65.7 Å². The number of nitrogens with one attached hydrogen (secondary N) is 2. The number of benzene rings is 2. The number of piperidine rings is 1. The van der Waals surface area contributed by atoms with Gasteiger partial charge < -0.3 is 15.5 Å². The minimum atomic E-state index is -0.464. The van der Waals surface area contributed by atoms with Crippen LogP contribution in [-0.4, -0.2) is 59.4 Å². The molecule has 2 unspecified atom stereocenters. The smallest absolute Gasteiger partial charge is 0.325 e. The van der Waals surface area contributed by atoms with E-state index in [2.05, 4.69) is 10.6 Å². The second-order valence-corrected chi connectivity index (χ2v) is 8.19. The lowest BCUT2D eigenvalue weighted by Crippen LogP contribution is -2.70. The van der Waals surface area contributed by atoms with E-state index in [4.69, 9.17) is 0 Å². The summed E-state index contributed by atoms with van der Waals surface area (Å²) in [5.74, 6) is -0.459. The lowest BCUT2D eigenvalue weighted by Gasteiger charge is -2.46. The number of fused-ring (bicyclic) bond motifs is 1. The Labute approximate surface area is 182 Å². The van der Waals surface area contributed by atoms with Crippen LogP contribution in [0.4, 0.5) is 10.5 Å². The van der Waals surface area contributed by atoms with Gasteiger partial charge in [-0.15, -0.1) is 0 Å². The van der Waals surface area contributed by atoms with Crippen molar-refractivity contribution in [2.75, 3.05) is 25.0 Å². The molecule has 4 rings (SSSR count). The van der Waals surface area contributed by atoms with Crippen LogP contribution in [0.2, 0.25) is 0 Å². The molecule has 0 saturated carbocycles. The Balaban J connectivity index is 1.48. The van der Waals surface area contributed by atoms with E-state index in [0.717, 1.165) is 24.1 Å². The maximum absolute atomic E-state index is 13.3. The molecule has 2 atom stereocenters. The van der Waals surface area contributed by atoms with E-state index in [-0.39, 0.29) is 30.4 Å². The summed E-state index contributed by atoms with van der Waals surface area (Å²) in [5, 5.41) is 6.12. The predicted octanol–water partition coefficient (Wildman–Crippen LogP) is 2.56. The molecule has 2 fully saturated rings. The van der Waals surface area contributed by atoms with Gasteiger partial charge in [0.15, 0.2) is 0 Å². The zero-order valence-electron chi connectivity index (χ0n) is 17.7. The monoisotopic (exact) mass is 420 g/mol. The van der Waals surface area contributed by atoms with Crippen LogP contribution in [0.3, 0.4) is 0 Å². The molecule has 0 bridgehead atoms. The van der Waals surface area contributed by atoms with Crippen LogP contribution in [-0.2, 0) is 16.0 Å². The fourth-order valence-electron chi connectivity index (χ4n) is 4.29. The molecule has 0 aliphatic carbocycles. The van der Waals surface area contributed by atoms with Crippen molar-refractivity contribution in [3.8, 4) is 0 Å². The van der Waals surface area contributed by atoms with Crippen LogP contribution in [0.1, 0.15) is 24.0 Å². The number of amides is 4. The van der Waals surface area contributed by atoms with Crippen molar-refractivity contribution < 1.29 is 14.4 Å². The highest BCUT2D eigenvalue weighted by Gasteiger charge is 2.47. The summed E-state index contributed by atoms with van der Waals surface area (Å²) in [5.41, 5.74) is 2.86.